The van der Waals surface area contributed by atoms with Crippen LogP contribution in [-0.4, -0.2) is 17.6 Å². The van der Waals surface area contributed by atoms with E-state index in [0.717, 1.165) is 5.56 Å². The minimum atomic E-state index is -0.506. The lowest BCUT2D eigenvalue weighted by Gasteiger charge is -2.17. The van der Waals surface area contributed by atoms with Crippen molar-refractivity contribution in [3.05, 3.63) is 63.6 Å². The maximum Gasteiger partial charge on any atom is 0.251 e. The van der Waals surface area contributed by atoms with E-state index in [1.165, 1.54) is 12.1 Å². The molecule has 110 valence electrons. The van der Waals surface area contributed by atoms with Gasteiger partial charge in [0.05, 0.1) is 28.4 Å². The molecule has 0 aliphatic heterocycles. The lowest BCUT2D eigenvalue weighted by Crippen LogP contribution is -2.30. The van der Waals surface area contributed by atoms with E-state index in [0.29, 0.717) is 0 Å². The fourth-order valence-electron chi connectivity index (χ4n) is 1.88. The number of hydrogen-bond donors (Lipinski definition) is 3. The molecule has 4 N–H and O–H groups in total. The number of nitrogen functional groups attached to an aromatic ring is 1. The van der Waals surface area contributed by atoms with Crippen LogP contribution in [-0.2, 0) is 0 Å². The summed E-state index contributed by atoms with van der Waals surface area (Å²) in [7, 11) is 0. The number of nitrogens with two attached hydrogens (primary N) is 1. The molecule has 2 aromatic rings. The van der Waals surface area contributed by atoms with Crippen LogP contribution in [0.25, 0.3) is 0 Å². The van der Waals surface area contributed by atoms with Crippen LogP contribution < -0.4 is 11.1 Å². The summed E-state index contributed by atoms with van der Waals surface area (Å²) in [5, 5.41) is 12.6. The van der Waals surface area contributed by atoms with Crippen molar-refractivity contribution in [2.75, 3.05) is 12.3 Å². The monoisotopic (exact) mass is 324 g/mol. The van der Waals surface area contributed by atoms with Crippen LogP contribution in [0.5, 0.6) is 0 Å². The molecule has 0 saturated heterocycles. The summed E-state index contributed by atoms with van der Waals surface area (Å²) < 4.78 is 0. The highest BCUT2D eigenvalue weighted by atomic mass is 35.5. The molecule has 0 aliphatic rings. The van der Waals surface area contributed by atoms with Gasteiger partial charge in [-0.2, -0.15) is 0 Å². The Morgan fingerprint density at radius 2 is 1.76 bits per heavy atom. The molecule has 0 spiro atoms. The van der Waals surface area contributed by atoms with Gasteiger partial charge in [-0.05, 0) is 17.7 Å². The topological polar surface area (TPSA) is 75.4 Å². The van der Waals surface area contributed by atoms with Crippen LogP contribution in [0.4, 0.5) is 5.69 Å². The molecule has 21 heavy (non-hydrogen) atoms. The first-order valence-electron chi connectivity index (χ1n) is 6.24. The van der Waals surface area contributed by atoms with Gasteiger partial charge in [-0.25, -0.2) is 0 Å². The molecule has 2 aromatic carbocycles. The Balaban J connectivity index is 2.21. The predicted molar refractivity (Wildman–Crippen MR) is 84.6 cm³/mol. The van der Waals surface area contributed by atoms with Gasteiger partial charge in [0.2, 0.25) is 0 Å². The lowest BCUT2D eigenvalue weighted by atomic mass is 10.1. The molecular formula is C15H14Cl2N2O2. The molecule has 0 fully saturated rings. The van der Waals surface area contributed by atoms with Gasteiger partial charge >= 0.3 is 0 Å². The number of aliphatic hydroxyl groups excluding tert-OH is 1. The summed E-state index contributed by atoms with van der Waals surface area (Å²) >= 11 is 11.8. The third kappa shape index (κ3) is 3.67. The zero-order valence-corrected chi connectivity index (χ0v) is 12.5. The summed E-state index contributed by atoms with van der Waals surface area (Å²) in [6.45, 7) is -0.216. The van der Waals surface area contributed by atoms with Crippen LogP contribution in [0.15, 0.2) is 42.5 Å². The van der Waals surface area contributed by atoms with Crippen molar-refractivity contribution in [2.45, 2.75) is 6.04 Å². The summed E-state index contributed by atoms with van der Waals surface area (Å²) in [5.41, 5.74) is 6.96. The van der Waals surface area contributed by atoms with Crippen molar-refractivity contribution in [3.8, 4) is 0 Å². The molecule has 1 amide bonds. The van der Waals surface area contributed by atoms with Gasteiger partial charge < -0.3 is 16.2 Å². The minimum Gasteiger partial charge on any atom is -0.396 e. The van der Waals surface area contributed by atoms with Crippen molar-refractivity contribution < 1.29 is 9.90 Å². The van der Waals surface area contributed by atoms with Gasteiger partial charge in [0, 0.05) is 5.56 Å². The normalized spacial score (nSPS) is 12.0. The average molecular weight is 325 g/mol. The number of anilines is 1. The molecule has 2 rings (SSSR count). The van der Waals surface area contributed by atoms with E-state index in [4.69, 9.17) is 28.9 Å². The third-order valence-electron chi connectivity index (χ3n) is 3.03. The summed E-state index contributed by atoms with van der Waals surface area (Å²) in [6.07, 6.45) is 0. The van der Waals surface area contributed by atoms with Crippen LogP contribution in [0.3, 0.4) is 0 Å². The van der Waals surface area contributed by atoms with Crippen LogP contribution >= 0.6 is 23.2 Å². The van der Waals surface area contributed by atoms with E-state index in [1.807, 2.05) is 30.3 Å². The van der Waals surface area contributed by atoms with Crippen LogP contribution in [0.2, 0.25) is 10.0 Å². The Hall–Kier alpha value is -1.75. The fourth-order valence-corrected chi connectivity index (χ4v) is 2.36. The van der Waals surface area contributed by atoms with E-state index in [-0.39, 0.29) is 33.8 Å². The third-order valence-corrected chi connectivity index (χ3v) is 3.66. The standard InChI is InChI=1S/C15H14Cl2N2O2/c16-11-6-10(7-12(17)14(11)18)15(21)19-13(8-20)9-4-2-1-3-5-9/h1-7,13,20H,8,18H2,(H,19,21)/t13-/m0/s1. The number of amides is 1. The van der Waals surface area contributed by atoms with Gasteiger partial charge in [-0.15, -0.1) is 0 Å². The fraction of sp³-hybridized carbons (Fsp3) is 0.133. The van der Waals surface area contributed by atoms with Gasteiger partial charge in [-0.1, -0.05) is 53.5 Å². The van der Waals surface area contributed by atoms with E-state index in [9.17, 15) is 9.90 Å². The highest BCUT2D eigenvalue weighted by Crippen LogP contribution is 2.29. The summed E-state index contributed by atoms with van der Waals surface area (Å²) in [6, 6.07) is 11.6. The largest absolute Gasteiger partial charge is 0.396 e. The van der Waals surface area contributed by atoms with Crippen molar-refractivity contribution in [3.63, 3.8) is 0 Å². The molecule has 0 radical (unpaired) electrons. The van der Waals surface area contributed by atoms with Crippen LogP contribution in [0.1, 0.15) is 22.0 Å². The maximum absolute atomic E-state index is 12.2. The van der Waals surface area contributed by atoms with E-state index < -0.39 is 6.04 Å². The SMILES string of the molecule is Nc1c(Cl)cc(C(=O)N[C@@H](CO)c2ccccc2)cc1Cl. The number of carbonyl (C=O) groups is 1. The molecule has 1 atom stereocenters. The smallest absolute Gasteiger partial charge is 0.251 e. The van der Waals surface area contributed by atoms with Crippen molar-refractivity contribution in [1.82, 2.24) is 5.32 Å². The molecule has 0 saturated carbocycles. The van der Waals surface area contributed by atoms with Gasteiger partial charge in [0.15, 0.2) is 0 Å². The highest BCUT2D eigenvalue weighted by Gasteiger charge is 2.16. The van der Waals surface area contributed by atoms with Gasteiger partial charge in [-0.3, -0.25) is 4.79 Å². The molecular weight excluding hydrogens is 311 g/mol. The van der Waals surface area contributed by atoms with E-state index in [2.05, 4.69) is 5.32 Å². The molecule has 0 unspecified atom stereocenters. The highest BCUT2D eigenvalue weighted by molar-refractivity contribution is 6.39. The Morgan fingerprint density at radius 1 is 1.19 bits per heavy atom. The van der Waals surface area contributed by atoms with Crippen LogP contribution in [0, 0.1) is 0 Å². The first kappa shape index (κ1) is 15.6. The maximum atomic E-state index is 12.2. The molecule has 0 aliphatic carbocycles. The number of nitrogens with one attached hydrogen (secondary N) is 1. The quantitative estimate of drug-likeness (QED) is 0.756. The first-order chi connectivity index (χ1) is 10.0. The Labute approximate surface area is 132 Å². The molecule has 0 aromatic heterocycles. The zero-order chi connectivity index (χ0) is 15.4. The molecule has 0 heterocycles. The Kier molecular flexibility index (Phi) is 5.07. The van der Waals surface area contributed by atoms with Crippen molar-refractivity contribution in [2.24, 2.45) is 0 Å². The minimum absolute atomic E-state index is 0.216. The molecule has 6 heteroatoms. The van der Waals surface area contributed by atoms with E-state index >= 15 is 0 Å². The second kappa shape index (κ2) is 6.80. The Morgan fingerprint density at radius 3 is 2.29 bits per heavy atom. The molecule has 0 bridgehead atoms. The molecule has 4 nitrogen and oxygen atoms in total. The number of benzene rings is 2. The van der Waals surface area contributed by atoms with Crippen molar-refractivity contribution in [1.29, 1.82) is 0 Å². The van der Waals surface area contributed by atoms with E-state index in [1.54, 1.807) is 0 Å². The average Bonchev–Trinajstić information content (AvgIpc) is 2.50. The second-order valence-corrected chi connectivity index (χ2v) is 5.29. The number of rotatable bonds is 4. The lowest BCUT2D eigenvalue weighted by molar-refractivity contribution is 0.0916. The number of carbonyl (C=O) groups excluding carboxylic acids is 1. The number of halogens is 2. The van der Waals surface area contributed by atoms with Gasteiger partial charge in [0.1, 0.15) is 0 Å². The van der Waals surface area contributed by atoms with Gasteiger partial charge in [0.25, 0.3) is 5.91 Å². The van der Waals surface area contributed by atoms with Crippen molar-refractivity contribution >= 4 is 34.8 Å². The second-order valence-electron chi connectivity index (χ2n) is 4.47. The number of aliphatic hydroxyl groups is 1. The zero-order valence-electron chi connectivity index (χ0n) is 11.0. The Bertz CT molecular complexity index is 624. The summed E-state index contributed by atoms with van der Waals surface area (Å²) in [5.74, 6) is -0.387. The predicted octanol–water partition coefficient (Wildman–Crippen LogP) is 3.04. The summed E-state index contributed by atoms with van der Waals surface area (Å²) in [4.78, 5) is 12.2. The first-order valence-corrected chi connectivity index (χ1v) is 6.99. The number of hydrogen-bond acceptors (Lipinski definition) is 3.